The lowest BCUT2D eigenvalue weighted by Crippen LogP contribution is -2.42. The number of thiol groups is 1. The average Bonchev–Trinajstić information content (AvgIpc) is 2.29. The average molecular weight is 262 g/mol. The molecule has 1 aromatic rings. The van der Waals surface area contributed by atoms with E-state index in [9.17, 15) is 13.2 Å². The molecule has 17 heavy (non-hydrogen) atoms. The summed E-state index contributed by atoms with van der Waals surface area (Å²) in [5, 5.41) is 0. The number of alkyl halides is 3. The van der Waals surface area contributed by atoms with E-state index in [1.807, 2.05) is 9.21 Å². The van der Waals surface area contributed by atoms with E-state index in [4.69, 9.17) is 0 Å². The minimum absolute atomic E-state index is 0.594. The normalized spacial score (nSPS) is 18.5. The second-order valence-electron chi connectivity index (χ2n) is 3.99. The fourth-order valence-corrected chi connectivity index (χ4v) is 2.01. The number of benzene rings is 1. The van der Waals surface area contributed by atoms with Crippen LogP contribution in [0.1, 0.15) is 5.56 Å². The molecule has 1 aliphatic rings. The standard InChI is InChI=1S/C11H13F3N2S/c12-11(13,14)9-2-1-3-10(8-9)15-4-6-16(17)7-5-15/h1-3,8,17H,4-7H2. The molecular weight excluding hydrogens is 249 g/mol. The van der Waals surface area contributed by atoms with E-state index in [0.29, 0.717) is 18.8 Å². The van der Waals surface area contributed by atoms with Crippen molar-refractivity contribution in [3.63, 3.8) is 0 Å². The van der Waals surface area contributed by atoms with E-state index in [1.54, 1.807) is 6.07 Å². The Kier molecular flexibility index (Phi) is 3.53. The summed E-state index contributed by atoms with van der Waals surface area (Å²) < 4.78 is 39.5. The quantitative estimate of drug-likeness (QED) is 0.777. The third-order valence-electron chi connectivity index (χ3n) is 2.79. The van der Waals surface area contributed by atoms with Crippen molar-refractivity contribution in [3.8, 4) is 0 Å². The van der Waals surface area contributed by atoms with Crippen LogP contribution in [-0.4, -0.2) is 30.5 Å². The molecule has 0 amide bonds. The lowest BCUT2D eigenvalue weighted by atomic mass is 10.1. The first-order valence-corrected chi connectivity index (χ1v) is 5.73. The summed E-state index contributed by atoms with van der Waals surface area (Å²) in [5.74, 6) is 0. The third-order valence-corrected chi connectivity index (χ3v) is 3.19. The van der Waals surface area contributed by atoms with Gasteiger partial charge in [0, 0.05) is 31.9 Å². The van der Waals surface area contributed by atoms with Gasteiger partial charge in [0.25, 0.3) is 0 Å². The maximum atomic E-state index is 12.6. The number of hydrogen-bond acceptors (Lipinski definition) is 3. The number of hydrogen-bond donors (Lipinski definition) is 1. The highest BCUT2D eigenvalue weighted by Crippen LogP contribution is 2.31. The highest BCUT2D eigenvalue weighted by Gasteiger charge is 2.31. The Labute approximate surface area is 104 Å². The van der Waals surface area contributed by atoms with Crippen LogP contribution in [0.25, 0.3) is 0 Å². The van der Waals surface area contributed by atoms with E-state index in [2.05, 4.69) is 12.8 Å². The van der Waals surface area contributed by atoms with Crippen molar-refractivity contribution in [1.29, 1.82) is 0 Å². The molecule has 1 saturated heterocycles. The fourth-order valence-electron chi connectivity index (χ4n) is 1.83. The molecule has 2 rings (SSSR count). The highest BCUT2D eigenvalue weighted by atomic mass is 32.1. The van der Waals surface area contributed by atoms with E-state index in [-0.39, 0.29) is 0 Å². The van der Waals surface area contributed by atoms with Gasteiger partial charge < -0.3 is 4.90 Å². The summed E-state index contributed by atoms with van der Waals surface area (Å²) in [7, 11) is 0. The number of rotatable bonds is 1. The Morgan fingerprint density at radius 3 is 2.29 bits per heavy atom. The van der Waals surface area contributed by atoms with Crippen LogP contribution in [-0.2, 0) is 6.18 Å². The smallest absolute Gasteiger partial charge is 0.369 e. The molecule has 94 valence electrons. The van der Waals surface area contributed by atoms with Crippen LogP contribution in [0.2, 0.25) is 0 Å². The maximum Gasteiger partial charge on any atom is 0.416 e. The zero-order valence-corrected chi connectivity index (χ0v) is 10.0. The molecule has 1 fully saturated rings. The molecule has 1 heterocycles. The van der Waals surface area contributed by atoms with E-state index < -0.39 is 11.7 Å². The molecule has 0 spiro atoms. The van der Waals surface area contributed by atoms with Crippen molar-refractivity contribution in [2.24, 2.45) is 0 Å². The van der Waals surface area contributed by atoms with Crippen molar-refractivity contribution in [3.05, 3.63) is 29.8 Å². The predicted molar refractivity (Wildman–Crippen MR) is 64.2 cm³/mol. The first-order chi connectivity index (χ1) is 7.97. The largest absolute Gasteiger partial charge is 0.416 e. The molecule has 0 radical (unpaired) electrons. The van der Waals surface area contributed by atoms with Gasteiger partial charge in [0.2, 0.25) is 0 Å². The van der Waals surface area contributed by atoms with Crippen LogP contribution < -0.4 is 4.90 Å². The first-order valence-electron chi connectivity index (χ1n) is 5.33. The maximum absolute atomic E-state index is 12.6. The zero-order valence-electron chi connectivity index (χ0n) is 9.11. The fraction of sp³-hybridized carbons (Fsp3) is 0.455. The van der Waals surface area contributed by atoms with Gasteiger partial charge in [-0.25, -0.2) is 4.31 Å². The number of nitrogens with zero attached hydrogens (tertiary/aromatic N) is 2. The van der Waals surface area contributed by atoms with Gasteiger partial charge in [0.15, 0.2) is 0 Å². The first kappa shape index (κ1) is 12.6. The minimum atomic E-state index is -4.28. The second kappa shape index (κ2) is 4.78. The van der Waals surface area contributed by atoms with Crippen LogP contribution in [0.15, 0.2) is 24.3 Å². The summed E-state index contributed by atoms with van der Waals surface area (Å²) in [6, 6.07) is 5.46. The molecule has 1 aromatic carbocycles. The number of anilines is 1. The molecule has 0 aromatic heterocycles. The second-order valence-corrected chi connectivity index (χ2v) is 4.55. The molecule has 0 aliphatic carbocycles. The van der Waals surface area contributed by atoms with Crippen molar-refractivity contribution >= 4 is 18.5 Å². The van der Waals surface area contributed by atoms with Gasteiger partial charge in [-0.15, -0.1) is 0 Å². The Morgan fingerprint density at radius 1 is 1.06 bits per heavy atom. The van der Waals surface area contributed by atoms with Crippen molar-refractivity contribution in [2.75, 3.05) is 31.1 Å². The molecule has 2 nitrogen and oxygen atoms in total. The number of piperazine rings is 1. The minimum Gasteiger partial charge on any atom is -0.369 e. The van der Waals surface area contributed by atoms with Crippen LogP contribution in [0, 0.1) is 0 Å². The Bertz CT molecular complexity index is 387. The van der Waals surface area contributed by atoms with Crippen LogP contribution in [0.3, 0.4) is 0 Å². The van der Waals surface area contributed by atoms with Crippen molar-refractivity contribution in [1.82, 2.24) is 4.31 Å². The zero-order chi connectivity index (χ0) is 12.5. The van der Waals surface area contributed by atoms with E-state index in [0.717, 1.165) is 19.2 Å². The molecule has 0 unspecified atom stereocenters. The molecule has 1 aliphatic heterocycles. The van der Waals surface area contributed by atoms with Gasteiger partial charge in [-0.3, -0.25) is 0 Å². The lowest BCUT2D eigenvalue weighted by molar-refractivity contribution is -0.137. The lowest BCUT2D eigenvalue weighted by Gasteiger charge is -2.33. The van der Waals surface area contributed by atoms with Crippen LogP contribution >= 0.6 is 12.8 Å². The SMILES string of the molecule is FC(F)(F)c1cccc(N2CCN(S)CC2)c1. The summed E-state index contributed by atoms with van der Waals surface area (Å²) in [6.07, 6.45) is -4.28. The molecule has 0 N–H and O–H groups in total. The number of halogens is 3. The summed E-state index contributed by atoms with van der Waals surface area (Å²) in [6.45, 7) is 2.90. The topological polar surface area (TPSA) is 6.48 Å². The van der Waals surface area contributed by atoms with Gasteiger partial charge >= 0.3 is 6.18 Å². The highest BCUT2D eigenvalue weighted by molar-refractivity contribution is 7.77. The molecular formula is C11H13F3N2S. The van der Waals surface area contributed by atoms with E-state index in [1.165, 1.54) is 12.1 Å². The van der Waals surface area contributed by atoms with E-state index >= 15 is 0 Å². The van der Waals surface area contributed by atoms with Gasteiger partial charge in [-0.05, 0) is 18.2 Å². The Hall–Kier alpha value is -0.880. The molecule has 0 saturated carbocycles. The molecule has 0 bridgehead atoms. The van der Waals surface area contributed by atoms with Crippen LogP contribution in [0.4, 0.5) is 18.9 Å². The predicted octanol–water partition coefficient (Wildman–Crippen LogP) is 2.67. The van der Waals surface area contributed by atoms with Crippen molar-refractivity contribution < 1.29 is 13.2 Å². The van der Waals surface area contributed by atoms with Crippen LogP contribution in [0.5, 0.6) is 0 Å². The summed E-state index contributed by atoms with van der Waals surface area (Å²) >= 11 is 4.21. The Balaban J connectivity index is 2.16. The monoisotopic (exact) mass is 262 g/mol. The molecule has 6 heteroatoms. The van der Waals surface area contributed by atoms with Gasteiger partial charge in [-0.2, -0.15) is 13.2 Å². The summed E-state index contributed by atoms with van der Waals surface area (Å²) in [5.41, 5.74) is 0.0320. The van der Waals surface area contributed by atoms with Gasteiger partial charge in [-0.1, -0.05) is 18.9 Å². The Morgan fingerprint density at radius 2 is 1.71 bits per heavy atom. The third kappa shape index (κ3) is 3.07. The van der Waals surface area contributed by atoms with Crippen molar-refractivity contribution in [2.45, 2.75) is 6.18 Å². The molecule has 0 atom stereocenters. The van der Waals surface area contributed by atoms with Gasteiger partial charge in [0.05, 0.1) is 5.56 Å². The van der Waals surface area contributed by atoms with Gasteiger partial charge in [0.1, 0.15) is 0 Å². The summed E-state index contributed by atoms with van der Waals surface area (Å²) in [4.78, 5) is 1.95.